The molecule has 0 aliphatic rings. The van der Waals surface area contributed by atoms with E-state index in [4.69, 9.17) is 10.5 Å². The standard InChI is InChI=1S/C16H20N2O/c1-18(15-8-5-9-16(10-15)19-2)12-14-7-4-3-6-13(14)11-17/h3-10H,11-12,17H2,1-2H3. The van der Waals surface area contributed by atoms with Gasteiger partial charge in [-0.2, -0.15) is 0 Å². The molecule has 2 aromatic rings. The molecule has 0 radical (unpaired) electrons. The third-order valence-corrected chi connectivity index (χ3v) is 3.24. The van der Waals surface area contributed by atoms with Crippen molar-refractivity contribution in [2.75, 3.05) is 19.1 Å². The maximum Gasteiger partial charge on any atom is 0.120 e. The summed E-state index contributed by atoms with van der Waals surface area (Å²) in [5.74, 6) is 0.872. The molecule has 0 aliphatic heterocycles. The average molecular weight is 256 g/mol. The summed E-state index contributed by atoms with van der Waals surface area (Å²) in [6.07, 6.45) is 0. The molecule has 0 saturated heterocycles. The largest absolute Gasteiger partial charge is 0.497 e. The Morgan fingerprint density at radius 1 is 1.05 bits per heavy atom. The predicted molar refractivity (Wildman–Crippen MR) is 79.4 cm³/mol. The van der Waals surface area contributed by atoms with Crippen LogP contribution in [0.5, 0.6) is 5.75 Å². The molecule has 0 amide bonds. The summed E-state index contributed by atoms with van der Waals surface area (Å²) in [6, 6.07) is 16.3. The third kappa shape index (κ3) is 3.26. The number of anilines is 1. The quantitative estimate of drug-likeness (QED) is 0.894. The van der Waals surface area contributed by atoms with Gasteiger partial charge in [0.15, 0.2) is 0 Å². The number of methoxy groups -OCH3 is 1. The lowest BCUT2D eigenvalue weighted by Gasteiger charge is -2.21. The van der Waals surface area contributed by atoms with Crippen LogP contribution in [0.1, 0.15) is 11.1 Å². The smallest absolute Gasteiger partial charge is 0.120 e. The molecule has 0 spiro atoms. The molecule has 0 saturated carbocycles. The number of nitrogens with zero attached hydrogens (tertiary/aromatic N) is 1. The van der Waals surface area contributed by atoms with Gasteiger partial charge in [0.05, 0.1) is 7.11 Å². The van der Waals surface area contributed by atoms with Gasteiger partial charge in [-0.3, -0.25) is 0 Å². The fraction of sp³-hybridized carbons (Fsp3) is 0.250. The van der Waals surface area contributed by atoms with Crippen LogP contribution in [-0.2, 0) is 13.1 Å². The number of ether oxygens (including phenoxy) is 1. The second kappa shape index (κ2) is 6.25. The van der Waals surface area contributed by atoms with Crippen LogP contribution in [0.2, 0.25) is 0 Å². The van der Waals surface area contributed by atoms with E-state index in [1.165, 1.54) is 11.1 Å². The molecular formula is C16H20N2O. The summed E-state index contributed by atoms with van der Waals surface area (Å²) >= 11 is 0. The first-order valence-electron chi connectivity index (χ1n) is 6.36. The van der Waals surface area contributed by atoms with Crippen LogP contribution in [0.25, 0.3) is 0 Å². The van der Waals surface area contributed by atoms with Gasteiger partial charge in [0, 0.05) is 31.9 Å². The highest BCUT2D eigenvalue weighted by atomic mass is 16.5. The molecule has 0 bridgehead atoms. The van der Waals surface area contributed by atoms with E-state index in [2.05, 4.69) is 30.1 Å². The van der Waals surface area contributed by atoms with Crippen molar-refractivity contribution in [3.05, 3.63) is 59.7 Å². The second-order valence-electron chi connectivity index (χ2n) is 4.53. The summed E-state index contributed by atoms with van der Waals surface area (Å²) < 4.78 is 5.25. The summed E-state index contributed by atoms with van der Waals surface area (Å²) in [4.78, 5) is 2.19. The second-order valence-corrected chi connectivity index (χ2v) is 4.53. The Kier molecular flexibility index (Phi) is 4.42. The summed E-state index contributed by atoms with van der Waals surface area (Å²) in [5, 5.41) is 0. The minimum Gasteiger partial charge on any atom is -0.497 e. The number of rotatable bonds is 5. The van der Waals surface area contributed by atoms with E-state index in [0.29, 0.717) is 6.54 Å². The fourth-order valence-corrected chi connectivity index (χ4v) is 2.11. The zero-order valence-electron chi connectivity index (χ0n) is 11.5. The van der Waals surface area contributed by atoms with Gasteiger partial charge in [0.1, 0.15) is 5.75 Å². The molecule has 2 aromatic carbocycles. The SMILES string of the molecule is COc1cccc(N(C)Cc2ccccc2CN)c1. The van der Waals surface area contributed by atoms with Crippen LogP contribution < -0.4 is 15.4 Å². The fourth-order valence-electron chi connectivity index (χ4n) is 2.11. The summed E-state index contributed by atoms with van der Waals surface area (Å²) in [6.45, 7) is 1.41. The highest BCUT2D eigenvalue weighted by Gasteiger charge is 2.06. The van der Waals surface area contributed by atoms with Gasteiger partial charge in [-0.05, 0) is 23.3 Å². The molecule has 0 aromatic heterocycles. The lowest BCUT2D eigenvalue weighted by Crippen LogP contribution is -2.18. The van der Waals surface area contributed by atoms with Crippen LogP contribution >= 0.6 is 0 Å². The molecule has 100 valence electrons. The van der Waals surface area contributed by atoms with Gasteiger partial charge >= 0.3 is 0 Å². The van der Waals surface area contributed by atoms with Crippen molar-refractivity contribution >= 4 is 5.69 Å². The highest BCUT2D eigenvalue weighted by molar-refractivity contribution is 5.50. The number of nitrogens with two attached hydrogens (primary N) is 1. The van der Waals surface area contributed by atoms with Gasteiger partial charge in [-0.15, -0.1) is 0 Å². The molecule has 0 heterocycles. The number of hydrogen-bond donors (Lipinski definition) is 1. The van der Waals surface area contributed by atoms with Crippen molar-refractivity contribution in [3.8, 4) is 5.75 Å². The molecule has 0 unspecified atom stereocenters. The molecule has 3 heteroatoms. The van der Waals surface area contributed by atoms with Gasteiger partial charge in [-0.25, -0.2) is 0 Å². The summed E-state index contributed by atoms with van der Waals surface area (Å²) in [7, 11) is 3.75. The maximum atomic E-state index is 5.77. The van der Waals surface area contributed by atoms with Crippen LogP contribution in [0, 0.1) is 0 Å². The van der Waals surface area contributed by atoms with Crippen molar-refractivity contribution in [2.24, 2.45) is 5.73 Å². The van der Waals surface area contributed by atoms with E-state index >= 15 is 0 Å². The van der Waals surface area contributed by atoms with E-state index in [0.717, 1.165) is 18.0 Å². The minimum absolute atomic E-state index is 0.572. The number of hydrogen-bond acceptors (Lipinski definition) is 3. The lowest BCUT2D eigenvalue weighted by atomic mass is 10.1. The van der Waals surface area contributed by atoms with E-state index < -0.39 is 0 Å². The lowest BCUT2D eigenvalue weighted by molar-refractivity contribution is 0.415. The monoisotopic (exact) mass is 256 g/mol. The van der Waals surface area contributed by atoms with E-state index in [1.54, 1.807) is 7.11 Å². The molecule has 0 atom stereocenters. The Hall–Kier alpha value is -2.00. The summed E-state index contributed by atoms with van der Waals surface area (Å²) in [5.41, 5.74) is 9.35. The Morgan fingerprint density at radius 3 is 2.47 bits per heavy atom. The van der Waals surface area contributed by atoms with Crippen LogP contribution in [0.15, 0.2) is 48.5 Å². The van der Waals surface area contributed by atoms with Crippen LogP contribution in [0.3, 0.4) is 0 Å². The van der Waals surface area contributed by atoms with Crippen LogP contribution in [-0.4, -0.2) is 14.2 Å². The molecular weight excluding hydrogens is 236 g/mol. The average Bonchev–Trinajstić information content (AvgIpc) is 2.47. The van der Waals surface area contributed by atoms with Crippen molar-refractivity contribution < 1.29 is 4.74 Å². The van der Waals surface area contributed by atoms with E-state index in [1.807, 2.05) is 30.3 Å². The topological polar surface area (TPSA) is 38.5 Å². The van der Waals surface area contributed by atoms with Gasteiger partial charge < -0.3 is 15.4 Å². The third-order valence-electron chi connectivity index (χ3n) is 3.24. The molecule has 19 heavy (non-hydrogen) atoms. The van der Waals surface area contributed by atoms with Crippen molar-refractivity contribution in [3.63, 3.8) is 0 Å². The minimum atomic E-state index is 0.572. The Morgan fingerprint density at radius 2 is 1.79 bits per heavy atom. The number of benzene rings is 2. The Bertz CT molecular complexity index is 540. The first-order valence-corrected chi connectivity index (χ1v) is 6.36. The first kappa shape index (κ1) is 13.4. The molecule has 2 N–H and O–H groups in total. The van der Waals surface area contributed by atoms with Gasteiger partial charge in [0.25, 0.3) is 0 Å². The Balaban J connectivity index is 2.18. The normalized spacial score (nSPS) is 10.3. The van der Waals surface area contributed by atoms with Crippen LogP contribution in [0.4, 0.5) is 5.69 Å². The van der Waals surface area contributed by atoms with Crippen molar-refractivity contribution in [1.29, 1.82) is 0 Å². The van der Waals surface area contributed by atoms with Gasteiger partial charge in [-0.1, -0.05) is 30.3 Å². The zero-order chi connectivity index (χ0) is 13.7. The maximum absolute atomic E-state index is 5.77. The van der Waals surface area contributed by atoms with E-state index in [9.17, 15) is 0 Å². The predicted octanol–water partition coefficient (Wildman–Crippen LogP) is 2.79. The van der Waals surface area contributed by atoms with Gasteiger partial charge in [0.2, 0.25) is 0 Å². The first-order chi connectivity index (χ1) is 9.24. The molecule has 2 rings (SSSR count). The zero-order valence-corrected chi connectivity index (χ0v) is 11.5. The molecule has 0 fully saturated rings. The molecule has 0 aliphatic carbocycles. The van der Waals surface area contributed by atoms with Crippen molar-refractivity contribution in [2.45, 2.75) is 13.1 Å². The van der Waals surface area contributed by atoms with Crippen molar-refractivity contribution in [1.82, 2.24) is 0 Å². The van der Waals surface area contributed by atoms with E-state index in [-0.39, 0.29) is 0 Å². The Labute approximate surface area is 114 Å². The molecule has 3 nitrogen and oxygen atoms in total. The highest BCUT2D eigenvalue weighted by Crippen LogP contribution is 2.22.